The molecule has 0 radical (unpaired) electrons. The average Bonchev–Trinajstić information content (AvgIpc) is 2.81. The van der Waals surface area contributed by atoms with Crippen LogP contribution in [-0.2, 0) is 4.79 Å². The third kappa shape index (κ3) is 15.9. The van der Waals surface area contributed by atoms with E-state index < -0.39 is 0 Å². The third-order valence-corrected chi connectivity index (χ3v) is 4.81. The maximum Gasteiger partial charge on any atom is 0.220 e. The summed E-state index contributed by atoms with van der Waals surface area (Å²) >= 11 is 0. The fourth-order valence-corrected chi connectivity index (χ4v) is 2.99. The topological polar surface area (TPSA) is 29.1 Å². The Morgan fingerprint density at radius 2 is 1.16 bits per heavy atom. The molecule has 0 aromatic heterocycles. The number of nitrogens with one attached hydrogen (secondary N) is 1. The van der Waals surface area contributed by atoms with E-state index in [1.54, 1.807) is 0 Å². The minimum atomic E-state index is 0.0500. The van der Waals surface area contributed by atoms with Crippen molar-refractivity contribution in [1.82, 2.24) is 5.32 Å². The molecule has 1 amide bonds. The van der Waals surface area contributed by atoms with Gasteiger partial charge in [0.05, 0.1) is 6.04 Å². The molecule has 32 heavy (non-hydrogen) atoms. The lowest BCUT2D eigenvalue weighted by Crippen LogP contribution is -2.26. The minimum absolute atomic E-state index is 0.0500. The van der Waals surface area contributed by atoms with Crippen LogP contribution in [0.2, 0.25) is 0 Å². The molecule has 2 nitrogen and oxygen atoms in total. The van der Waals surface area contributed by atoms with E-state index in [0.29, 0.717) is 6.42 Å². The van der Waals surface area contributed by atoms with Crippen LogP contribution >= 0.6 is 0 Å². The van der Waals surface area contributed by atoms with Gasteiger partial charge in [0.1, 0.15) is 0 Å². The molecule has 0 saturated heterocycles. The molecule has 172 valence electrons. The summed E-state index contributed by atoms with van der Waals surface area (Å²) in [5.74, 6) is 0.0980. The van der Waals surface area contributed by atoms with Crippen molar-refractivity contribution >= 4 is 5.91 Å². The second-order valence-corrected chi connectivity index (χ2v) is 7.65. The molecule has 2 heteroatoms. The highest BCUT2D eigenvalue weighted by atomic mass is 16.1. The molecule has 0 fully saturated rings. The van der Waals surface area contributed by atoms with Crippen molar-refractivity contribution < 1.29 is 4.79 Å². The van der Waals surface area contributed by atoms with Crippen LogP contribution in [0.4, 0.5) is 0 Å². The molecule has 1 aromatic rings. The van der Waals surface area contributed by atoms with Crippen molar-refractivity contribution in [1.29, 1.82) is 0 Å². The van der Waals surface area contributed by atoms with Gasteiger partial charge < -0.3 is 5.32 Å². The van der Waals surface area contributed by atoms with Crippen LogP contribution in [0.15, 0.2) is 103 Å². The number of carbonyl (C=O) groups excluding carboxylic acids is 1. The predicted octanol–water partition coefficient (Wildman–Crippen LogP) is 8.34. The molecule has 0 bridgehead atoms. The van der Waals surface area contributed by atoms with Crippen LogP contribution in [-0.4, -0.2) is 5.91 Å². The minimum Gasteiger partial charge on any atom is -0.350 e. The zero-order chi connectivity index (χ0) is 23.1. The van der Waals surface area contributed by atoms with Crippen LogP contribution in [0, 0.1) is 0 Å². The average molecular weight is 432 g/mol. The van der Waals surface area contributed by atoms with Crippen molar-refractivity contribution in [2.24, 2.45) is 0 Å². The quantitative estimate of drug-likeness (QED) is 0.262. The number of rotatable bonds is 16. The molecular formula is C30H41NO. The monoisotopic (exact) mass is 431 g/mol. The van der Waals surface area contributed by atoms with Gasteiger partial charge in [-0.25, -0.2) is 0 Å². The maximum atomic E-state index is 12.0. The van der Waals surface area contributed by atoms with Gasteiger partial charge in [-0.05, 0) is 57.4 Å². The van der Waals surface area contributed by atoms with Gasteiger partial charge in [-0.1, -0.05) is 110 Å². The second-order valence-electron chi connectivity index (χ2n) is 7.65. The van der Waals surface area contributed by atoms with E-state index in [4.69, 9.17) is 0 Å². The number of amides is 1. The molecule has 0 spiro atoms. The molecule has 1 N–H and O–H groups in total. The van der Waals surface area contributed by atoms with Crippen molar-refractivity contribution in [3.8, 4) is 0 Å². The van der Waals surface area contributed by atoms with E-state index in [1.807, 2.05) is 37.3 Å². The zero-order valence-electron chi connectivity index (χ0n) is 20.0. The first-order valence-corrected chi connectivity index (χ1v) is 12.0. The lowest BCUT2D eigenvalue weighted by Gasteiger charge is -2.13. The Balaban J connectivity index is 2.02. The van der Waals surface area contributed by atoms with E-state index in [2.05, 4.69) is 85.2 Å². The van der Waals surface area contributed by atoms with Gasteiger partial charge in [0.25, 0.3) is 0 Å². The van der Waals surface area contributed by atoms with Gasteiger partial charge >= 0.3 is 0 Å². The van der Waals surface area contributed by atoms with Crippen LogP contribution in [0.1, 0.15) is 76.8 Å². The summed E-state index contributed by atoms with van der Waals surface area (Å²) in [6.07, 6.45) is 33.6. The second kappa shape index (κ2) is 20.1. The summed E-state index contributed by atoms with van der Waals surface area (Å²) in [6, 6.07) is 10.1. The van der Waals surface area contributed by atoms with Gasteiger partial charge in [0.2, 0.25) is 5.91 Å². The van der Waals surface area contributed by atoms with E-state index in [1.165, 1.54) is 0 Å². The lowest BCUT2D eigenvalue weighted by molar-refractivity contribution is -0.121. The summed E-state index contributed by atoms with van der Waals surface area (Å²) in [5.41, 5.74) is 1.13. The first kappa shape index (κ1) is 27.2. The summed E-state index contributed by atoms with van der Waals surface area (Å²) in [4.78, 5) is 12.0. The molecule has 0 aliphatic carbocycles. The number of hydrogen-bond donors (Lipinski definition) is 1. The highest BCUT2D eigenvalue weighted by Gasteiger charge is 2.07. The van der Waals surface area contributed by atoms with E-state index >= 15 is 0 Å². The Morgan fingerprint density at radius 3 is 1.62 bits per heavy atom. The van der Waals surface area contributed by atoms with E-state index in [0.717, 1.165) is 50.5 Å². The summed E-state index contributed by atoms with van der Waals surface area (Å²) < 4.78 is 0. The van der Waals surface area contributed by atoms with Crippen molar-refractivity contribution in [3.63, 3.8) is 0 Å². The highest BCUT2D eigenvalue weighted by molar-refractivity contribution is 5.76. The molecule has 1 rings (SSSR count). The Kier molecular flexibility index (Phi) is 17.0. The van der Waals surface area contributed by atoms with Gasteiger partial charge in [0, 0.05) is 6.42 Å². The van der Waals surface area contributed by atoms with Crippen LogP contribution in [0.5, 0.6) is 0 Å². The van der Waals surface area contributed by atoms with E-state index in [-0.39, 0.29) is 11.9 Å². The smallest absolute Gasteiger partial charge is 0.220 e. The Morgan fingerprint density at radius 1 is 0.719 bits per heavy atom. The fourth-order valence-electron chi connectivity index (χ4n) is 2.99. The van der Waals surface area contributed by atoms with Crippen LogP contribution in [0.25, 0.3) is 0 Å². The SMILES string of the molecule is CC/C=C\C/C=C\C/C=C\C/C=C\C/C=C\C/C=C\CCC(=O)N[C@@H](C)c1ccccc1. The Bertz CT molecular complexity index is 765. The standard InChI is InChI=1S/C30H41NO/c1-3-4-5-6-7-8-9-10-11-12-13-14-15-16-17-18-19-20-24-27-30(32)31-28(2)29-25-22-21-23-26-29/h4-5,7-8,10-11,13-14,16-17,19-23,25-26,28H,3,6,9,12,15,18,24,27H2,1-2H3,(H,31,32)/b5-4-,8-7-,11-10-,14-13-,17-16-,20-19-/t28-/m0/s1. The summed E-state index contributed by atoms with van der Waals surface area (Å²) in [6.45, 7) is 4.17. The molecular weight excluding hydrogens is 390 g/mol. The fraction of sp³-hybridized carbons (Fsp3) is 0.367. The first-order valence-electron chi connectivity index (χ1n) is 12.0. The molecule has 0 saturated carbocycles. The molecule has 1 aromatic carbocycles. The lowest BCUT2D eigenvalue weighted by atomic mass is 10.1. The van der Waals surface area contributed by atoms with E-state index in [9.17, 15) is 4.79 Å². The zero-order valence-corrected chi connectivity index (χ0v) is 20.0. The molecule has 0 heterocycles. The van der Waals surface area contributed by atoms with Gasteiger partial charge in [-0.3, -0.25) is 4.79 Å². The molecule has 0 aliphatic rings. The maximum absolute atomic E-state index is 12.0. The van der Waals surface area contributed by atoms with Crippen molar-refractivity contribution in [2.75, 3.05) is 0 Å². The van der Waals surface area contributed by atoms with Gasteiger partial charge in [0.15, 0.2) is 0 Å². The summed E-state index contributed by atoms with van der Waals surface area (Å²) in [7, 11) is 0. The van der Waals surface area contributed by atoms with Crippen LogP contribution < -0.4 is 5.32 Å². The molecule has 1 atom stereocenters. The van der Waals surface area contributed by atoms with Crippen molar-refractivity contribution in [2.45, 2.75) is 71.3 Å². The van der Waals surface area contributed by atoms with Crippen LogP contribution in [0.3, 0.4) is 0 Å². The Labute approximate surface area is 196 Å². The van der Waals surface area contributed by atoms with Crippen molar-refractivity contribution in [3.05, 3.63) is 109 Å². The number of carbonyl (C=O) groups is 1. The summed E-state index contributed by atoms with van der Waals surface area (Å²) in [5, 5.41) is 3.05. The predicted molar refractivity (Wildman–Crippen MR) is 140 cm³/mol. The number of allylic oxidation sites excluding steroid dienone is 12. The number of benzene rings is 1. The van der Waals surface area contributed by atoms with Gasteiger partial charge in [-0.2, -0.15) is 0 Å². The van der Waals surface area contributed by atoms with Gasteiger partial charge in [-0.15, -0.1) is 0 Å². The molecule has 0 unspecified atom stereocenters. The Hall–Kier alpha value is -2.87. The number of hydrogen-bond acceptors (Lipinski definition) is 1. The molecule has 0 aliphatic heterocycles. The first-order chi connectivity index (χ1) is 15.7. The largest absolute Gasteiger partial charge is 0.350 e. The normalized spacial score (nSPS) is 13.6. The third-order valence-electron chi connectivity index (χ3n) is 4.81. The highest BCUT2D eigenvalue weighted by Crippen LogP contribution is 2.11.